The van der Waals surface area contributed by atoms with E-state index in [9.17, 15) is 0 Å². The Bertz CT molecular complexity index is 202. The minimum absolute atomic E-state index is 1.08. The van der Waals surface area contributed by atoms with Gasteiger partial charge in [-0.25, -0.2) is 0 Å². The van der Waals surface area contributed by atoms with Crippen LogP contribution in [0.1, 0.15) is 5.56 Å². The van der Waals surface area contributed by atoms with E-state index in [1.807, 2.05) is 16.8 Å². The highest BCUT2D eigenvalue weighted by Crippen LogP contribution is 2.03. The lowest BCUT2D eigenvalue weighted by molar-refractivity contribution is 1.87. The van der Waals surface area contributed by atoms with Gasteiger partial charge < -0.3 is 0 Å². The molecule has 0 amide bonds. The molecule has 0 saturated heterocycles. The summed E-state index contributed by atoms with van der Waals surface area (Å²) in [6, 6.07) is 1.99. The summed E-state index contributed by atoms with van der Waals surface area (Å²) in [6.45, 7) is 0. The second-order valence-corrected chi connectivity index (χ2v) is 2.41. The molecule has 0 aliphatic rings. The molecule has 1 aromatic rings. The molecule has 0 N–H and O–H groups in total. The monoisotopic (exact) mass is 186 g/mol. The summed E-state index contributed by atoms with van der Waals surface area (Å²) in [5.41, 5.74) is 1.08. The van der Waals surface area contributed by atoms with Crippen LogP contribution in [-0.2, 0) is 0 Å². The predicted molar refractivity (Wildman–Crippen MR) is 40.1 cm³/mol. The van der Waals surface area contributed by atoms with Crippen molar-refractivity contribution in [1.82, 2.24) is 0 Å². The van der Waals surface area contributed by atoms with Crippen LogP contribution in [0.15, 0.2) is 16.8 Å². The van der Waals surface area contributed by atoms with Crippen molar-refractivity contribution in [1.29, 1.82) is 0 Å². The maximum atomic E-state index is 3.01. The summed E-state index contributed by atoms with van der Waals surface area (Å²) >= 11 is 4.67. The molecule has 0 aliphatic heterocycles. The highest BCUT2D eigenvalue weighted by atomic mass is 79.9. The standard InChI is InChI=1S/C6H3BrS/c7-3-1-6-2-4-8-5-6/h2,4-5H. The number of rotatable bonds is 0. The molecule has 0 nitrogen and oxygen atoms in total. The summed E-state index contributed by atoms with van der Waals surface area (Å²) in [4.78, 5) is 2.64. The molecule has 1 rings (SSSR count). The van der Waals surface area contributed by atoms with E-state index in [4.69, 9.17) is 0 Å². The minimum Gasteiger partial charge on any atom is -0.151 e. The van der Waals surface area contributed by atoms with Crippen molar-refractivity contribution >= 4 is 27.3 Å². The van der Waals surface area contributed by atoms with Crippen molar-refractivity contribution in [2.45, 2.75) is 0 Å². The Hall–Kier alpha value is -0.260. The Morgan fingerprint density at radius 3 is 3.00 bits per heavy atom. The largest absolute Gasteiger partial charge is 0.151 e. The van der Waals surface area contributed by atoms with Crippen molar-refractivity contribution in [3.63, 3.8) is 0 Å². The lowest BCUT2D eigenvalue weighted by Crippen LogP contribution is -1.56. The van der Waals surface area contributed by atoms with E-state index >= 15 is 0 Å². The van der Waals surface area contributed by atoms with Gasteiger partial charge in [0, 0.05) is 26.9 Å². The van der Waals surface area contributed by atoms with E-state index in [-0.39, 0.29) is 0 Å². The maximum absolute atomic E-state index is 3.01. The third kappa shape index (κ3) is 1.36. The molecule has 2 heteroatoms. The lowest BCUT2D eigenvalue weighted by atomic mass is 10.4. The fourth-order valence-corrected chi connectivity index (χ4v) is 1.21. The maximum Gasteiger partial charge on any atom is 0.0361 e. The molecule has 0 aliphatic carbocycles. The first-order valence-electron chi connectivity index (χ1n) is 2.07. The SMILES string of the molecule is BrC#Cc1ccsc1. The fourth-order valence-electron chi connectivity index (χ4n) is 0.390. The smallest absolute Gasteiger partial charge is 0.0361 e. The third-order valence-electron chi connectivity index (χ3n) is 0.713. The zero-order valence-electron chi connectivity index (χ0n) is 4.02. The van der Waals surface area contributed by atoms with Crippen molar-refractivity contribution in [2.75, 3.05) is 0 Å². The summed E-state index contributed by atoms with van der Waals surface area (Å²) in [7, 11) is 0. The Kier molecular flexibility index (Phi) is 2.13. The highest BCUT2D eigenvalue weighted by Gasteiger charge is 1.80. The Balaban J connectivity index is 2.88. The Labute approximate surface area is 60.7 Å². The van der Waals surface area contributed by atoms with E-state index in [2.05, 4.69) is 26.7 Å². The van der Waals surface area contributed by atoms with Crippen LogP contribution in [0.2, 0.25) is 0 Å². The highest BCUT2D eigenvalue weighted by molar-refractivity contribution is 9.12. The van der Waals surface area contributed by atoms with Crippen LogP contribution in [-0.4, -0.2) is 0 Å². The van der Waals surface area contributed by atoms with Gasteiger partial charge in [0.25, 0.3) is 0 Å². The summed E-state index contributed by atoms with van der Waals surface area (Å²) in [5, 5.41) is 4.01. The lowest BCUT2D eigenvalue weighted by Gasteiger charge is -1.68. The fraction of sp³-hybridized carbons (Fsp3) is 0. The Morgan fingerprint density at radius 1 is 1.62 bits per heavy atom. The predicted octanol–water partition coefficient (Wildman–Crippen LogP) is 2.45. The molecule has 1 aromatic heterocycles. The number of halogens is 1. The summed E-state index contributed by atoms with van der Waals surface area (Å²) in [5.74, 6) is 2.86. The molecule has 0 spiro atoms. The molecular formula is C6H3BrS. The van der Waals surface area contributed by atoms with Crippen LogP contribution in [0.4, 0.5) is 0 Å². The van der Waals surface area contributed by atoms with Crippen LogP contribution < -0.4 is 0 Å². The van der Waals surface area contributed by atoms with E-state index < -0.39 is 0 Å². The van der Waals surface area contributed by atoms with Crippen LogP contribution in [0.5, 0.6) is 0 Å². The minimum atomic E-state index is 1.08. The van der Waals surface area contributed by atoms with Gasteiger partial charge in [0.05, 0.1) is 0 Å². The second-order valence-electron chi connectivity index (χ2n) is 1.23. The van der Waals surface area contributed by atoms with E-state index in [0.717, 1.165) is 5.56 Å². The average Bonchev–Trinajstić information content (AvgIpc) is 2.19. The van der Waals surface area contributed by atoms with Gasteiger partial charge >= 0.3 is 0 Å². The number of hydrogen-bond donors (Lipinski definition) is 0. The second kappa shape index (κ2) is 2.91. The van der Waals surface area contributed by atoms with Crippen molar-refractivity contribution in [3.05, 3.63) is 22.4 Å². The third-order valence-corrected chi connectivity index (χ3v) is 1.59. The molecule has 0 radical (unpaired) electrons. The normalized spacial score (nSPS) is 7.62. The first kappa shape index (κ1) is 5.87. The Morgan fingerprint density at radius 2 is 2.50 bits per heavy atom. The molecule has 0 bridgehead atoms. The molecule has 40 valence electrons. The number of thiophene rings is 1. The molecular weight excluding hydrogens is 184 g/mol. The molecule has 0 unspecified atom stereocenters. The topological polar surface area (TPSA) is 0 Å². The molecule has 0 aromatic carbocycles. The van der Waals surface area contributed by atoms with Crippen LogP contribution in [0, 0.1) is 10.8 Å². The van der Waals surface area contributed by atoms with Crippen LogP contribution >= 0.6 is 27.3 Å². The van der Waals surface area contributed by atoms with Gasteiger partial charge in [-0.15, -0.1) is 0 Å². The van der Waals surface area contributed by atoms with Crippen LogP contribution in [0.25, 0.3) is 0 Å². The average molecular weight is 187 g/mol. The van der Waals surface area contributed by atoms with Crippen molar-refractivity contribution in [3.8, 4) is 10.8 Å². The van der Waals surface area contributed by atoms with E-state index in [1.165, 1.54) is 0 Å². The van der Waals surface area contributed by atoms with Gasteiger partial charge in [-0.2, -0.15) is 11.3 Å². The molecule has 0 atom stereocenters. The van der Waals surface area contributed by atoms with Gasteiger partial charge in [-0.3, -0.25) is 0 Å². The van der Waals surface area contributed by atoms with Gasteiger partial charge in [-0.1, -0.05) is 5.92 Å². The number of hydrogen-bond acceptors (Lipinski definition) is 1. The molecule has 1 heterocycles. The van der Waals surface area contributed by atoms with Crippen LogP contribution in [0.3, 0.4) is 0 Å². The van der Waals surface area contributed by atoms with Gasteiger partial charge in [0.1, 0.15) is 0 Å². The molecule has 0 saturated carbocycles. The first-order chi connectivity index (χ1) is 3.93. The summed E-state index contributed by atoms with van der Waals surface area (Å²) in [6.07, 6.45) is 0. The van der Waals surface area contributed by atoms with E-state index in [1.54, 1.807) is 11.3 Å². The van der Waals surface area contributed by atoms with Gasteiger partial charge in [-0.05, 0) is 16.3 Å². The first-order valence-corrected chi connectivity index (χ1v) is 3.81. The van der Waals surface area contributed by atoms with Crippen molar-refractivity contribution < 1.29 is 0 Å². The zero-order chi connectivity index (χ0) is 5.82. The van der Waals surface area contributed by atoms with Crippen molar-refractivity contribution in [2.24, 2.45) is 0 Å². The quantitative estimate of drug-likeness (QED) is 0.547. The van der Waals surface area contributed by atoms with Gasteiger partial charge in [0.2, 0.25) is 0 Å². The van der Waals surface area contributed by atoms with E-state index in [0.29, 0.717) is 0 Å². The molecule has 0 fully saturated rings. The summed E-state index contributed by atoms with van der Waals surface area (Å²) < 4.78 is 0. The zero-order valence-corrected chi connectivity index (χ0v) is 6.42. The van der Waals surface area contributed by atoms with Gasteiger partial charge in [0.15, 0.2) is 0 Å². The molecule has 8 heavy (non-hydrogen) atoms.